The fourth-order valence-electron chi connectivity index (χ4n) is 5.92. The van der Waals surface area contributed by atoms with E-state index in [0.29, 0.717) is 51.7 Å². The summed E-state index contributed by atoms with van der Waals surface area (Å²) in [7, 11) is 0. The van der Waals surface area contributed by atoms with Gasteiger partial charge < -0.3 is 18.8 Å². The van der Waals surface area contributed by atoms with Crippen molar-refractivity contribution in [3.8, 4) is 11.1 Å². The zero-order valence-corrected chi connectivity index (χ0v) is 20.6. The number of hydrogen-bond acceptors (Lipinski definition) is 6. The van der Waals surface area contributed by atoms with E-state index in [9.17, 15) is 9.59 Å². The van der Waals surface area contributed by atoms with Crippen molar-refractivity contribution in [3.05, 3.63) is 60.4 Å². The molecule has 8 nitrogen and oxygen atoms in total. The summed E-state index contributed by atoms with van der Waals surface area (Å²) in [6, 6.07) is 16.3. The van der Waals surface area contributed by atoms with Crippen molar-refractivity contribution in [1.82, 2.24) is 9.80 Å². The van der Waals surface area contributed by atoms with Crippen LogP contribution in [0.2, 0.25) is 0 Å². The van der Waals surface area contributed by atoms with E-state index in [1.165, 1.54) is 0 Å². The molecule has 0 aliphatic carbocycles. The number of hydrogen-bond donors (Lipinski definition) is 0. The van der Waals surface area contributed by atoms with Gasteiger partial charge >= 0.3 is 0 Å². The highest BCUT2D eigenvalue weighted by Crippen LogP contribution is 2.35. The average Bonchev–Trinajstić information content (AvgIpc) is 3.70. The second kappa shape index (κ2) is 8.82. The Morgan fingerprint density at radius 1 is 1.03 bits per heavy atom. The zero-order chi connectivity index (χ0) is 25.0. The van der Waals surface area contributed by atoms with E-state index in [1.807, 2.05) is 34.1 Å². The van der Waals surface area contributed by atoms with Crippen molar-refractivity contribution in [1.29, 1.82) is 0 Å². The predicted molar refractivity (Wildman–Crippen MR) is 137 cm³/mol. The van der Waals surface area contributed by atoms with Crippen LogP contribution in [-0.2, 0) is 19.1 Å². The molecule has 5 heterocycles. The second-order valence-electron chi connectivity index (χ2n) is 10.5. The van der Waals surface area contributed by atoms with E-state index in [1.54, 1.807) is 6.26 Å². The summed E-state index contributed by atoms with van der Waals surface area (Å²) in [6.07, 6.45) is 3.75. The summed E-state index contributed by atoms with van der Waals surface area (Å²) >= 11 is 0. The molecule has 8 heteroatoms. The summed E-state index contributed by atoms with van der Waals surface area (Å²) in [5.74, 6) is 1.02. The molecular weight excluding hydrogens is 470 g/mol. The summed E-state index contributed by atoms with van der Waals surface area (Å²) in [6.45, 7) is 3.37. The molecule has 37 heavy (non-hydrogen) atoms. The Morgan fingerprint density at radius 2 is 1.84 bits per heavy atom. The minimum absolute atomic E-state index is 0.0124. The van der Waals surface area contributed by atoms with Gasteiger partial charge in [0.1, 0.15) is 17.5 Å². The number of aliphatic imine (C=N–C) groups is 1. The fourth-order valence-corrected chi connectivity index (χ4v) is 5.92. The van der Waals surface area contributed by atoms with Crippen LogP contribution in [0.25, 0.3) is 22.1 Å². The van der Waals surface area contributed by atoms with Gasteiger partial charge in [0.05, 0.1) is 12.9 Å². The van der Waals surface area contributed by atoms with Crippen LogP contribution < -0.4 is 0 Å². The van der Waals surface area contributed by atoms with Crippen molar-refractivity contribution in [3.63, 3.8) is 0 Å². The summed E-state index contributed by atoms with van der Waals surface area (Å²) in [4.78, 5) is 34.9. The lowest BCUT2D eigenvalue weighted by Crippen LogP contribution is -2.57. The lowest BCUT2D eigenvalue weighted by atomic mass is 9.95. The van der Waals surface area contributed by atoms with Crippen LogP contribution in [-0.4, -0.2) is 78.5 Å². The maximum Gasteiger partial charge on any atom is 0.258 e. The number of nitrogens with zero attached hydrogens (tertiary/aromatic N) is 3. The lowest BCUT2D eigenvalue weighted by Gasteiger charge is -2.42. The van der Waals surface area contributed by atoms with Gasteiger partial charge in [0, 0.05) is 56.1 Å². The smallest absolute Gasteiger partial charge is 0.258 e. The number of benzene rings is 2. The first-order chi connectivity index (χ1) is 18.1. The molecule has 0 saturated carbocycles. The van der Waals surface area contributed by atoms with Crippen molar-refractivity contribution in [2.75, 3.05) is 39.5 Å². The molecule has 2 atom stereocenters. The minimum Gasteiger partial charge on any atom is -0.464 e. The molecule has 1 unspecified atom stereocenters. The zero-order valence-electron chi connectivity index (χ0n) is 20.6. The molecule has 2 amide bonds. The highest BCUT2D eigenvalue weighted by atomic mass is 16.5. The number of rotatable bonds is 5. The van der Waals surface area contributed by atoms with Gasteiger partial charge in [0.25, 0.3) is 11.8 Å². The van der Waals surface area contributed by atoms with Crippen molar-refractivity contribution in [2.45, 2.75) is 30.9 Å². The van der Waals surface area contributed by atoms with Gasteiger partial charge in [-0.15, -0.1) is 0 Å². The summed E-state index contributed by atoms with van der Waals surface area (Å²) in [5.41, 5.74) is 3.15. The number of carbonyl (C=O) groups is 2. The molecule has 0 bridgehead atoms. The van der Waals surface area contributed by atoms with Crippen LogP contribution in [0.3, 0.4) is 0 Å². The third-order valence-corrected chi connectivity index (χ3v) is 8.06. The maximum absolute atomic E-state index is 13.6. The number of amides is 2. The molecule has 0 N–H and O–H groups in total. The number of carbonyl (C=O) groups excluding carboxylic acids is 2. The van der Waals surface area contributed by atoms with Gasteiger partial charge in [-0.3, -0.25) is 14.5 Å². The fraction of sp³-hybridized carbons (Fsp3) is 0.414. The van der Waals surface area contributed by atoms with Crippen LogP contribution in [0, 0.1) is 5.92 Å². The van der Waals surface area contributed by atoms with E-state index in [0.717, 1.165) is 40.5 Å². The van der Waals surface area contributed by atoms with Gasteiger partial charge in [0.15, 0.2) is 5.54 Å². The summed E-state index contributed by atoms with van der Waals surface area (Å²) < 4.78 is 16.6. The van der Waals surface area contributed by atoms with E-state index in [4.69, 9.17) is 18.9 Å². The van der Waals surface area contributed by atoms with Gasteiger partial charge in [-0.25, -0.2) is 4.99 Å². The van der Waals surface area contributed by atoms with Crippen molar-refractivity contribution < 1.29 is 23.5 Å². The number of furan rings is 1. The summed E-state index contributed by atoms with van der Waals surface area (Å²) in [5, 5.41) is 1.06. The Labute approximate surface area is 214 Å². The number of likely N-dealkylation sites (tertiary alicyclic amines) is 1. The van der Waals surface area contributed by atoms with Crippen LogP contribution in [0.1, 0.15) is 24.8 Å². The van der Waals surface area contributed by atoms with Crippen LogP contribution in [0.15, 0.2) is 64.2 Å². The molecule has 4 aliphatic heterocycles. The van der Waals surface area contributed by atoms with Gasteiger partial charge in [-0.05, 0) is 42.2 Å². The highest BCUT2D eigenvalue weighted by molar-refractivity contribution is 6.15. The number of fused-ring (bicyclic) bond motifs is 1. The third kappa shape index (κ3) is 3.86. The molecule has 3 fully saturated rings. The SMILES string of the molecule is O=C([C@H]1CCCO1)N1CC(CN2C(=O)C3(CCOC3)N=C2c2ccc(-c3ccc4occc4c3)cc2)C1. The van der Waals surface area contributed by atoms with Gasteiger partial charge in [-0.1, -0.05) is 30.3 Å². The van der Waals surface area contributed by atoms with Crippen molar-refractivity contribution >= 4 is 28.6 Å². The minimum atomic E-state index is -0.822. The molecule has 3 saturated heterocycles. The van der Waals surface area contributed by atoms with Crippen LogP contribution >= 0.6 is 0 Å². The normalized spacial score (nSPS) is 25.9. The Balaban J connectivity index is 1.11. The molecule has 0 radical (unpaired) electrons. The van der Waals surface area contributed by atoms with Crippen LogP contribution in [0.5, 0.6) is 0 Å². The van der Waals surface area contributed by atoms with Crippen LogP contribution in [0.4, 0.5) is 0 Å². The molecule has 3 aromatic rings. The molecule has 1 spiro atoms. The van der Waals surface area contributed by atoms with E-state index >= 15 is 0 Å². The highest BCUT2D eigenvalue weighted by Gasteiger charge is 2.52. The topological polar surface area (TPSA) is 84.6 Å². The predicted octanol–water partition coefficient (Wildman–Crippen LogP) is 3.49. The first-order valence-electron chi connectivity index (χ1n) is 13.1. The van der Waals surface area contributed by atoms with E-state index < -0.39 is 5.54 Å². The first-order valence-corrected chi connectivity index (χ1v) is 13.1. The molecule has 1 aromatic heterocycles. The Bertz CT molecular complexity index is 1380. The Kier molecular flexibility index (Phi) is 5.41. The first kappa shape index (κ1) is 22.7. The molecular formula is C29H29N3O5. The Hall–Kier alpha value is -3.49. The molecule has 2 aromatic carbocycles. The van der Waals surface area contributed by atoms with E-state index in [-0.39, 0.29) is 23.8 Å². The average molecular weight is 500 g/mol. The molecule has 4 aliphatic rings. The second-order valence-corrected chi connectivity index (χ2v) is 10.5. The monoisotopic (exact) mass is 499 g/mol. The quantitative estimate of drug-likeness (QED) is 0.537. The molecule has 190 valence electrons. The van der Waals surface area contributed by atoms with Gasteiger partial charge in [-0.2, -0.15) is 0 Å². The largest absolute Gasteiger partial charge is 0.464 e. The standard InChI is InChI=1S/C29H29N3O5/c33-27(25-2-1-11-36-25)31-15-19(16-31)17-32-26(30-29(28(32)34)10-13-35-18-29)21-5-3-20(4-6-21)22-7-8-24-23(14-22)9-12-37-24/h3-9,12,14,19,25H,1-2,10-11,13,15-18H2/t25-,29?/m1/s1. The maximum atomic E-state index is 13.6. The third-order valence-electron chi connectivity index (χ3n) is 8.06. The Morgan fingerprint density at radius 3 is 2.59 bits per heavy atom. The van der Waals surface area contributed by atoms with Gasteiger partial charge in [0.2, 0.25) is 0 Å². The molecule has 7 rings (SSSR count). The van der Waals surface area contributed by atoms with E-state index in [2.05, 4.69) is 24.3 Å². The lowest BCUT2D eigenvalue weighted by molar-refractivity contribution is -0.148. The van der Waals surface area contributed by atoms with Crippen molar-refractivity contribution in [2.24, 2.45) is 10.9 Å². The number of amidine groups is 1. The number of ether oxygens (including phenoxy) is 2.